The molecule has 5 rings (SSSR count). The highest BCUT2D eigenvalue weighted by molar-refractivity contribution is 6.02. The zero-order valence-corrected chi connectivity index (χ0v) is 20.5. The van der Waals surface area contributed by atoms with Crippen LogP contribution in [-0.2, 0) is 4.79 Å². The highest BCUT2D eigenvalue weighted by Gasteiger charge is 2.19. The molecule has 182 valence electrons. The number of nitrogens with one attached hydrogen (secondary N) is 1. The fourth-order valence-electron chi connectivity index (χ4n) is 4.40. The number of nitrogens with zero attached hydrogens (tertiary/aromatic N) is 1. The third-order valence-corrected chi connectivity index (χ3v) is 6.08. The van der Waals surface area contributed by atoms with Crippen molar-refractivity contribution in [3.05, 3.63) is 133 Å². The minimum Gasteiger partial charge on any atom is -0.457 e. The predicted octanol–water partition coefficient (Wildman–Crippen LogP) is 7.82. The Kier molecular flexibility index (Phi) is 6.95. The van der Waals surface area contributed by atoms with Crippen molar-refractivity contribution in [2.45, 2.75) is 13.3 Å². The van der Waals surface area contributed by atoms with Crippen molar-refractivity contribution in [1.29, 1.82) is 0 Å². The highest BCUT2D eigenvalue weighted by Crippen LogP contribution is 2.40. The van der Waals surface area contributed by atoms with Gasteiger partial charge in [0, 0.05) is 17.0 Å². The summed E-state index contributed by atoms with van der Waals surface area (Å²) in [7, 11) is 0. The fourth-order valence-corrected chi connectivity index (χ4v) is 4.40. The van der Waals surface area contributed by atoms with E-state index in [2.05, 4.69) is 41.9 Å². The number of allylic oxidation sites excluding steroid dienone is 1. The van der Waals surface area contributed by atoms with Crippen molar-refractivity contribution in [3.63, 3.8) is 0 Å². The number of rotatable bonds is 8. The smallest absolute Gasteiger partial charge is 0.335 e. The molecule has 0 saturated heterocycles. The third-order valence-electron chi connectivity index (χ3n) is 6.08. The first-order chi connectivity index (χ1) is 18.2. The van der Waals surface area contributed by atoms with Crippen LogP contribution in [0.25, 0.3) is 22.0 Å². The number of aromatic nitrogens is 2. The van der Waals surface area contributed by atoms with Gasteiger partial charge in [-0.3, -0.25) is 5.10 Å². The summed E-state index contributed by atoms with van der Waals surface area (Å²) < 4.78 is 11.8. The van der Waals surface area contributed by atoms with Crippen molar-refractivity contribution in [1.82, 2.24) is 10.2 Å². The van der Waals surface area contributed by atoms with E-state index in [1.165, 1.54) is 6.08 Å². The molecule has 0 aliphatic rings. The van der Waals surface area contributed by atoms with E-state index in [1.54, 1.807) is 12.3 Å². The quantitative estimate of drug-likeness (QED) is 0.105. The van der Waals surface area contributed by atoms with Crippen molar-refractivity contribution in [2.24, 2.45) is 0 Å². The minimum atomic E-state index is -0.506. The number of para-hydroxylation sites is 2. The summed E-state index contributed by atoms with van der Waals surface area (Å²) in [5, 5.41) is 8.18. The van der Waals surface area contributed by atoms with Gasteiger partial charge < -0.3 is 9.47 Å². The van der Waals surface area contributed by atoms with E-state index in [-0.39, 0.29) is 0 Å². The Bertz CT molecular complexity index is 1600. The number of H-pyrrole nitrogens is 1. The molecule has 0 unspecified atom stereocenters. The molecule has 0 radical (unpaired) electrons. The average molecular weight is 487 g/mol. The SMILES string of the molecule is C=CC(=O)Oc1ccccc1/C(=C(\CC)c1cccc(Oc2ccccc2)c1)c1ccc2[nH]ncc2c1. The van der Waals surface area contributed by atoms with Crippen LogP contribution in [0.3, 0.4) is 0 Å². The number of hydrogen-bond donors (Lipinski definition) is 1. The largest absolute Gasteiger partial charge is 0.457 e. The number of fused-ring (bicyclic) bond motifs is 1. The second kappa shape index (κ2) is 10.8. The summed E-state index contributed by atoms with van der Waals surface area (Å²) in [6, 6.07) is 31.5. The third kappa shape index (κ3) is 5.21. The standard InChI is InChI=1S/C32H26N2O3/c1-3-27(22-11-10-14-26(20-22)36-25-12-6-5-7-13-25)32(23-17-18-29-24(19-23)21-33-34-29)28-15-8-9-16-30(28)37-31(35)4-2/h4-21H,2-3H2,1H3,(H,33,34)/b32-27+. The number of hydrogen-bond acceptors (Lipinski definition) is 4. The van der Waals surface area contributed by atoms with Crippen LogP contribution >= 0.6 is 0 Å². The fraction of sp³-hybridized carbons (Fsp3) is 0.0625. The molecule has 0 aliphatic carbocycles. The van der Waals surface area contributed by atoms with Crippen LogP contribution < -0.4 is 9.47 Å². The normalized spacial score (nSPS) is 11.6. The van der Waals surface area contributed by atoms with Crippen molar-refractivity contribution < 1.29 is 14.3 Å². The molecule has 0 atom stereocenters. The van der Waals surface area contributed by atoms with Gasteiger partial charge in [-0.2, -0.15) is 5.10 Å². The molecule has 0 fully saturated rings. The molecule has 1 heterocycles. The van der Waals surface area contributed by atoms with Gasteiger partial charge in [-0.1, -0.05) is 68.1 Å². The molecule has 0 amide bonds. The lowest BCUT2D eigenvalue weighted by Gasteiger charge is -2.19. The van der Waals surface area contributed by atoms with E-state index in [1.807, 2.05) is 72.8 Å². The maximum Gasteiger partial charge on any atom is 0.335 e. The number of esters is 1. The zero-order chi connectivity index (χ0) is 25.6. The van der Waals surface area contributed by atoms with Gasteiger partial charge in [0.2, 0.25) is 0 Å². The van der Waals surface area contributed by atoms with Crippen LogP contribution in [0, 0.1) is 0 Å². The van der Waals surface area contributed by atoms with Crippen LogP contribution in [-0.4, -0.2) is 16.2 Å². The van der Waals surface area contributed by atoms with Crippen molar-refractivity contribution in [2.75, 3.05) is 0 Å². The summed E-state index contributed by atoms with van der Waals surface area (Å²) in [6.07, 6.45) is 3.71. The van der Waals surface area contributed by atoms with Gasteiger partial charge in [-0.05, 0) is 71.2 Å². The van der Waals surface area contributed by atoms with Gasteiger partial charge >= 0.3 is 5.97 Å². The van der Waals surface area contributed by atoms with E-state index in [0.717, 1.165) is 56.7 Å². The molecule has 5 heteroatoms. The second-order valence-corrected chi connectivity index (χ2v) is 8.44. The summed E-state index contributed by atoms with van der Waals surface area (Å²) in [4.78, 5) is 12.2. The summed E-state index contributed by atoms with van der Waals surface area (Å²) >= 11 is 0. The number of ether oxygens (including phenoxy) is 2. The van der Waals surface area contributed by atoms with E-state index < -0.39 is 5.97 Å². The first-order valence-corrected chi connectivity index (χ1v) is 12.1. The second-order valence-electron chi connectivity index (χ2n) is 8.44. The summed E-state index contributed by atoms with van der Waals surface area (Å²) in [5.74, 6) is 1.48. The molecule has 1 aromatic heterocycles. The van der Waals surface area contributed by atoms with Crippen LogP contribution in [0.1, 0.15) is 30.0 Å². The molecule has 1 N–H and O–H groups in total. The lowest BCUT2D eigenvalue weighted by Crippen LogP contribution is -2.06. The molecule has 4 aromatic carbocycles. The van der Waals surface area contributed by atoms with Crippen molar-refractivity contribution in [3.8, 4) is 17.2 Å². The summed E-state index contributed by atoms with van der Waals surface area (Å²) in [5.41, 5.74) is 5.82. The number of carbonyl (C=O) groups excluding carboxylic acids is 1. The lowest BCUT2D eigenvalue weighted by molar-refractivity contribution is -0.128. The Morgan fingerprint density at radius 3 is 2.49 bits per heavy atom. The maximum absolute atomic E-state index is 12.2. The Morgan fingerprint density at radius 2 is 1.68 bits per heavy atom. The Balaban J connectivity index is 1.71. The average Bonchev–Trinajstić information content (AvgIpc) is 3.41. The topological polar surface area (TPSA) is 64.2 Å². The van der Waals surface area contributed by atoms with E-state index in [9.17, 15) is 4.79 Å². The Morgan fingerprint density at radius 1 is 0.892 bits per heavy atom. The monoisotopic (exact) mass is 486 g/mol. The summed E-state index contributed by atoms with van der Waals surface area (Å²) in [6.45, 7) is 5.67. The van der Waals surface area contributed by atoms with Gasteiger partial charge in [0.15, 0.2) is 0 Å². The molecular weight excluding hydrogens is 460 g/mol. The van der Waals surface area contributed by atoms with Gasteiger partial charge in [-0.25, -0.2) is 4.79 Å². The number of aromatic amines is 1. The van der Waals surface area contributed by atoms with Crippen LogP contribution in [0.4, 0.5) is 0 Å². The molecule has 0 bridgehead atoms. The van der Waals surface area contributed by atoms with E-state index in [4.69, 9.17) is 9.47 Å². The zero-order valence-electron chi connectivity index (χ0n) is 20.5. The Hall–Kier alpha value is -4.90. The van der Waals surface area contributed by atoms with E-state index >= 15 is 0 Å². The Labute approximate surface area is 215 Å². The molecular formula is C32H26N2O3. The van der Waals surface area contributed by atoms with Gasteiger partial charge in [0.1, 0.15) is 17.2 Å². The molecule has 0 saturated carbocycles. The van der Waals surface area contributed by atoms with Gasteiger partial charge in [0.05, 0.1) is 11.7 Å². The minimum absolute atomic E-state index is 0.470. The number of benzene rings is 4. The van der Waals surface area contributed by atoms with E-state index in [0.29, 0.717) is 5.75 Å². The molecule has 37 heavy (non-hydrogen) atoms. The molecule has 5 aromatic rings. The highest BCUT2D eigenvalue weighted by atomic mass is 16.5. The maximum atomic E-state index is 12.2. The van der Waals surface area contributed by atoms with Crippen LogP contribution in [0.2, 0.25) is 0 Å². The van der Waals surface area contributed by atoms with Crippen LogP contribution in [0.5, 0.6) is 17.2 Å². The van der Waals surface area contributed by atoms with Crippen molar-refractivity contribution >= 4 is 28.0 Å². The predicted molar refractivity (Wildman–Crippen MR) is 148 cm³/mol. The molecule has 5 nitrogen and oxygen atoms in total. The first-order valence-electron chi connectivity index (χ1n) is 12.1. The molecule has 0 spiro atoms. The molecule has 0 aliphatic heterocycles. The first kappa shape index (κ1) is 23.8. The van der Waals surface area contributed by atoms with Gasteiger partial charge in [-0.15, -0.1) is 0 Å². The van der Waals surface area contributed by atoms with Crippen LogP contribution in [0.15, 0.2) is 116 Å². The van der Waals surface area contributed by atoms with Gasteiger partial charge in [0.25, 0.3) is 0 Å². The number of carbonyl (C=O) groups is 1. The lowest BCUT2D eigenvalue weighted by atomic mass is 9.87.